The van der Waals surface area contributed by atoms with E-state index in [4.69, 9.17) is 0 Å². The SMILES string of the molecule is CC(C)(C)c1nc(C(=O)NCc2nccs2)n[nH]1. The number of aromatic nitrogens is 4. The first-order chi connectivity index (χ1) is 8.47. The third-order valence-electron chi connectivity index (χ3n) is 2.28. The van der Waals surface area contributed by atoms with Gasteiger partial charge in [0.05, 0.1) is 6.54 Å². The molecule has 0 fully saturated rings. The Kier molecular flexibility index (Phi) is 3.42. The van der Waals surface area contributed by atoms with E-state index in [0.29, 0.717) is 12.4 Å². The summed E-state index contributed by atoms with van der Waals surface area (Å²) in [5.41, 5.74) is -0.152. The summed E-state index contributed by atoms with van der Waals surface area (Å²) < 4.78 is 0. The first-order valence-electron chi connectivity index (χ1n) is 5.56. The van der Waals surface area contributed by atoms with Gasteiger partial charge in [0.1, 0.15) is 10.8 Å². The highest BCUT2D eigenvalue weighted by atomic mass is 32.1. The van der Waals surface area contributed by atoms with Crippen molar-refractivity contribution in [1.29, 1.82) is 0 Å². The summed E-state index contributed by atoms with van der Waals surface area (Å²) in [6.07, 6.45) is 1.71. The minimum atomic E-state index is -0.294. The molecule has 2 N–H and O–H groups in total. The lowest BCUT2D eigenvalue weighted by atomic mass is 9.96. The van der Waals surface area contributed by atoms with E-state index >= 15 is 0 Å². The molecule has 2 heterocycles. The maximum atomic E-state index is 11.8. The van der Waals surface area contributed by atoms with Gasteiger partial charge in [-0.1, -0.05) is 20.8 Å². The van der Waals surface area contributed by atoms with Gasteiger partial charge < -0.3 is 5.32 Å². The topological polar surface area (TPSA) is 83.6 Å². The van der Waals surface area contributed by atoms with Crippen LogP contribution < -0.4 is 5.32 Å². The van der Waals surface area contributed by atoms with Crippen molar-refractivity contribution in [3.05, 3.63) is 28.2 Å². The number of H-pyrrole nitrogens is 1. The molecule has 0 saturated carbocycles. The number of nitrogens with zero attached hydrogens (tertiary/aromatic N) is 3. The molecule has 0 radical (unpaired) electrons. The highest BCUT2D eigenvalue weighted by Crippen LogP contribution is 2.17. The molecule has 0 aliphatic carbocycles. The van der Waals surface area contributed by atoms with Crippen molar-refractivity contribution in [3.8, 4) is 0 Å². The van der Waals surface area contributed by atoms with Crippen LogP contribution in [0.25, 0.3) is 0 Å². The fraction of sp³-hybridized carbons (Fsp3) is 0.455. The summed E-state index contributed by atoms with van der Waals surface area (Å²) >= 11 is 1.50. The highest BCUT2D eigenvalue weighted by molar-refractivity contribution is 7.09. The van der Waals surface area contributed by atoms with Crippen molar-refractivity contribution in [3.63, 3.8) is 0 Å². The minimum Gasteiger partial charge on any atom is -0.343 e. The summed E-state index contributed by atoms with van der Waals surface area (Å²) in [6.45, 7) is 6.41. The molecule has 18 heavy (non-hydrogen) atoms. The van der Waals surface area contributed by atoms with Gasteiger partial charge >= 0.3 is 0 Å². The molecule has 0 spiro atoms. The van der Waals surface area contributed by atoms with Gasteiger partial charge in [-0.25, -0.2) is 9.97 Å². The van der Waals surface area contributed by atoms with Crippen molar-refractivity contribution in [2.75, 3.05) is 0 Å². The van der Waals surface area contributed by atoms with Crippen molar-refractivity contribution < 1.29 is 4.79 Å². The Balaban J connectivity index is 1.99. The maximum absolute atomic E-state index is 11.8. The molecule has 6 nitrogen and oxygen atoms in total. The number of amides is 1. The molecular formula is C11H15N5OS. The normalized spacial score (nSPS) is 11.5. The summed E-state index contributed by atoms with van der Waals surface area (Å²) in [5, 5.41) is 12.2. The zero-order chi connectivity index (χ0) is 13.2. The largest absolute Gasteiger partial charge is 0.343 e. The van der Waals surface area contributed by atoms with Crippen LogP contribution in [0, 0.1) is 0 Å². The fourth-order valence-corrected chi connectivity index (χ4v) is 1.83. The summed E-state index contributed by atoms with van der Waals surface area (Å²) in [6, 6.07) is 0. The zero-order valence-corrected chi connectivity index (χ0v) is 11.3. The van der Waals surface area contributed by atoms with Gasteiger partial charge in [0.15, 0.2) is 0 Å². The smallest absolute Gasteiger partial charge is 0.291 e. The number of aromatic amines is 1. The predicted octanol–water partition coefficient (Wildman–Crippen LogP) is 1.49. The predicted molar refractivity (Wildman–Crippen MR) is 68.4 cm³/mol. The number of hydrogen-bond acceptors (Lipinski definition) is 5. The van der Waals surface area contributed by atoms with Crippen LogP contribution in [0.4, 0.5) is 0 Å². The van der Waals surface area contributed by atoms with Crippen LogP contribution in [0.2, 0.25) is 0 Å². The van der Waals surface area contributed by atoms with Crippen molar-refractivity contribution in [2.24, 2.45) is 0 Å². The average Bonchev–Trinajstić information content (AvgIpc) is 2.96. The molecule has 0 bridgehead atoms. The van der Waals surface area contributed by atoms with Crippen LogP contribution in [-0.4, -0.2) is 26.1 Å². The van der Waals surface area contributed by atoms with Crippen LogP contribution in [0.3, 0.4) is 0 Å². The molecular weight excluding hydrogens is 250 g/mol. The number of thiazole rings is 1. The lowest BCUT2D eigenvalue weighted by Crippen LogP contribution is -2.24. The quantitative estimate of drug-likeness (QED) is 0.880. The van der Waals surface area contributed by atoms with E-state index in [2.05, 4.69) is 25.5 Å². The first-order valence-corrected chi connectivity index (χ1v) is 6.44. The third kappa shape index (κ3) is 2.92. The molecule has 0 unspecified atom stereocenters. The van der Waals surface area contributed by atoms with Crippen LogP contribution in [0.15, 0.2) is 11.6 Å². The molecule has 0 aromatic carbocycles. The van der Waals surface area contributed by atoms with E-state index in [0.717, 1.165) is 5.01 Å². The van der Waals surface area contributed by atoms with Crippen LogP contribution in [-0.2, 0) is 12.0 Å². The second kappa shape index (κ2) is 4.85. The zero-order valence-electron chi connectivity index (χ0n) is 10.5. The van der Waals surface area contributed by atoms with E-state index in [1.54, 1.807) is 6.20 Å². The Morgan fingerprint density at radius 1 is 1.50 bits per heavy atom. The van der Waals surface area contributed by atoms with Gasteiger partial charge in [0.2, 0.25) is 5.82 Å². The number of rotatable bonds is 3. The molecule has 1 amide bonds. The number of nitrogens with one attached hydrogen (secondary N) is 2. The summed E-state index contributed by atoms with van der Waals surface area (Å²) in [7, 11) is 0. The first kappa shape index (κ1) is 12.7. The molecule has 96 valence electrons. The Labute approximate surface area is 109 Å². The monoisotopic (exact) mass is 265 g/mol. The third-order valence-corrected chi connectivity index (χ3v) is 3.06. The van der Waals surface area contributed by atoms with E-state index in [1.165, 1.54) is 11.3 Å². The maximum Gasteiger partial charge on any atom is 0.291 e. The van der Waals surface area contributed by atoms with Crippen molar-refractivity contribution in [2.45, 2.75) is 32.7 Å². The lowest BCUT2D eigenvalue weighted by Gasteiger charge is -2.12. The second-order valence-corrected chi connectivity index (χ2v) is 5.85. The van der Waals surface area contributed by atoms with Gasteiger partial charge in [-0.2, -0.15) is 0 Å². The number of carbonyl (C=O) groups excluding carboxylic acids is 1. The van der Waals surface area contributed by atoms with E-state index in [-0.39, 0.29) is 17.1 Å². The van der Waals surface area contributed by atoms with Crippen molar-refractivity contribution in [1.82, 2.24) is 25.5 Å². The van der Waals surface area contributed by atoms with Gasteiger partial charge in [-0.05, 0) is 0 Å². The Morgan fingerprint density at radius 3 is 2.83 bits per heavy atom. The molecule has 7 heteroatoms. The van der Waals surface area contributed by atoms with Crippen LogP contribution >= 0.6 is 11.3 Å². The summed E-state index contributed by atoms with van der Waals surface area (Å²) in [5.74, 6) is 0.565. The molecule has 0 aliphatic rings. The van der Waals surface area contributed by atoms with E-state index in [1.807, 2.05) is 26.2 Å². The van der Waals surface area contributed by atoms with Gasteiger partial charge in [0.25, 0.3) is 5.91 Å². The molecule has 0 atom stereocenters. The minimum absolute atomic E-state index is 0.152. The molecule has 0 saturated heterocycles. The second-order valence-electron chi connectivity index (χ2n) is 4.87. The van der Waals surface area contributed by atoms with Crippen LogP contribution in [0.5, 0.6) is 0 Å². The van der Waals surface area contributed by atoms with E-state index in [9.17, 15) is 4.79 Å². The number of hydrogen-bond donors (Lipinski definition) is 2. The molecule has 0 aliphatic heterocycles. The van der Waals surface area contributed by atoms with Gasteiger partial charge in [-0.3, -0.25) is 9.89 Å². The Morgan fingerprint density at radius 2 is 2.28 bits per heavy atom. The highest BCUT2D eigenvalue weighted by Gasteiger charge is 2.21. The molecule has 2 aromatic rings. The number of carbonyl (C=O) groups is 1. The average molecular weight is 265 g/mol. The fourth-order valence-electron chi connectivity index (χ4n) is 1.27. The van der Waals surface area contributed by atoms with Crippen molar-refractivity contribution >= 4 is 17.2 Å². The lowest BCUT2D eigenvalue weighted by molar-refractivity contribution is 0.0941. The van der Waals surface area contributed by atoms with Crippen LogP contribution in [0.1, 0.15) is 42.2 Å². The Hall–Kier alpha value is -1.76. The Bertz CT molecular complexity index is 526. The summed E-state index contributed by atoms with van der Waals surface area (Å²) in [4.78, 5) is 20.1. The van der Waals surface area contributed by atoms with E-state index < -0.39 is 0 Å². The van der Waals surface area contributed by atoms with Gasteiger partial charge in [0, 0.05) is 17.0 Å². The van der Waals surface area contributed by atoms with Gasteiger partial charge in [-0.15, -0.1) is 16.4 Å². The molecule has 2 rings (SSSR count). The molecule has 2 aromatic heterocycles. The standard InChI is InChI=1S/C11H15N5OS/c1-11(2,3)10-14-8(15-16-10)9(17)13-6-7-12-4-5-18-7/h4-5H,6H2,1-3H3,(H,13,17)(H,14,15,16).